The van der Waals surface area contributed by atoms with Crippen molar-refractivity contribution in [2.24, 2.45) is 5.16 Å². The molecule has 1 aromatic carbocycles. The highest BCUT2D eigenvalue weighted by atomic mass is 32.1. The number of nitrogens with zero attached hydrogens (tertiary/aromatic N) is 6. The maximum atomic E-state index is 14.1. The highest BCUT2D eigenvalue weighted by Crippen LogP contribution is 2.35. The summed E-state index contributed by atoms with van der Waals surface area (Å²) in [6.07, 6.45) is 0.871. The first-order valence-electron chi connectivity index (χ1n) is 11.8. The average Bonchev–Trinajstić information content (AvgIpc) is 3.62. The molecule has 14 heteroatoms. The van der Waals surface area contributed by atoms with Crippen LogP contribution in [-0.2, 0) is 9.63 Å². The normalized spacial score (nSPS) is 17.6. The minimum atomic E-state index is -0.826. The third kappa shape index (κ3) is 5.49. The van der Waals surface area contributed by atoms with Crippen molar-refractivity contribution in [3.63, 3.8) is 0 Å². The zero-order chi connectivity index (χ0) is 26.6. The minimum Gasteiger partial charge on any atom is -0.467 e. The van der Waals surface area contributed by atoms with Crippen molar-refractivity contribution in [1.82, 2.24) is 24.8 Å². The Balaban J connectivity index is 1.13. The summed E-state index contributed by atoms with van der Waals surface area (Å²) in [5, 5.41) is 6.84. The van der Waals surface area contributed by atoms with Gasteiger partial charge in [-0.3, -0.25) is 4.79 Å². The van der Waals surface area contributed by atoms with Gasteiger partial charge < -0.3 is 23.9 Å². The predicted molar refractivity (Wildman–Crippen MR) is 130 cm³/mol. The molecule has 0 N–H and O–H groups in total. The number of aromatic nitrogens is 4. The number of carbonyl (C=O) groups excluding carboxylic acids is 1. The van der Waals surface area contributed by atoms with Gasteiger partial charge in [-0.05, 0) is 25.0 Å². The summed E-state index contributed by atoms with van der Waals surface area (Å²) in [5.41, 5.74) is 1.06. The first-order chi connectivity index (χ1) is 18.4. The molecule has 1 saturated heterocycles. The zero-order valence-corrected chi connectivity index (χ0v) is 21.4. The van der Waals surface area contributed by atoms with Crippen molar-refractivity contribution in [3.05, 3.63) is 51.5 Å². The molecular weight excluding hydrogens is 522 g/mol. The van der Waals surface area contributed by atoms with Gasteiger partial charge >= 0.3 is 18.0 Å². The number of benzene rings is 1. The maximum Gasteiger partial charge on any atom is 0.326 e. The molecule has 0 radical (unpaired) electrons. The summed E-state index contributed by atoms with van der Waals surface area (Å²) >= 11 is 1.50. The molecule has 4 heterocycles. The number of oxime groups is 1. The molecule has 200 valence electrons. The molecule has 0 aliphatic carbocycles. The number of rotatable bonds is 8. The molecule has 1 atom stereocenters. The van der Waals surface area contributed by atoms with E-state index >= 15 is 0 Å². The molecule has 0 saturated carbocycles. The summed E-state index contributed by atoms with van der Waals surface area (Å²) in [6, 6.07) is 3.69. The Labute approximate surface area is 220 Å². The van der Waals surface area contributed by atoms with Gasteiger partial charge in [0.15, 0.2) is 12.7 Å². The monoisotopic (exact) mass is 546 g/mol. The molecule has 1 unspecified atom stereocenters. The maximum absolute atomic E-state index is 14.1. The first-order valence-corrected chi connectivity index (χ1v) is 12.7. The van der Waals surface area contributed by atoms with Crippen LogP contribution in [0.15, 0.2) is 28.7 Å². The Morgan fingerprint density at radius 3 is 2.37 bits per heavy atom. The van der Waals surface area contributed by atoms with Crippen molar-refractivity contribution >= 4 is 23.0 Å². The van der Waals surface area contributed by atoms with Crippen LogP contribution in [0.1, 0.15) is 47.5 Å². The summed E-state index contributed by atoms with van der Waals surface area (Å²) < 4.78 is 43.6. The molecule has 1 amide bonds. The molecule has 38 heavy (non-hydrogen) atoms. The van der Waals surface area contributed by atoms with Gasteiger partial charge in [0.25, 0.3) is 5.91 Å². The fourth-order valence-electron chi connectivity index (χ4n) is 4.27. The van der Waals surface area contributed by atoms with Gasteiger partial charge in [0.05, 0.1) is 30.5 Å². The average molecular weight is 547 g/mol. The Morgan fingerprint density at radius 1 is 1.05 bits per heavy atom. The van der Waals surface area contributed by atoms with Gasteiger partial charge in [-0.1, -0.05) is 11.2 Å². The molecule has 1 fully saturated rings. The van der Waals surface area contributed by atoms with E-state index in [0.29, 0.717) is 24.5 Å². The van der Waals surface area contributed by atoms with Crippen LogP contribution in [0.2, 0.25) is 0 Å². The Kier molecular flexibility index (Phi) is 7.58. The van der Waals surface area contributed by atoms with Gasteiger partial charge in [0, 0.05) is 30.8 Å². The van der Waals surface area contributed by atoms with Gasteiger partial charge in [-0.25, -0.2) is 13.8 Å². The van der Waals surface area contributed by atoms with Crippen molar-refractivity contribution < 1.29 is 32.6 Å². The second-order valence-corrected chi connectivity index (χ2v) is 9.47. The summed E-state index contributed by atoms with van der Waals surface area (Å²) in [7, 11) is 2.80. The molecule has 3 aromatic rings. The lowest BCUT2D eigenvalue weighted by Gasteiger charge is -2.31. The van der Waals surface area contributed by atoms with E-state index in [1.54, 1.807) is 4.90 Å². The highest BCUT2D eigenvalue weighted by Gasteiger charge is 2.31. The predicted octanol–water partition coefficient (Wildman–Crippen LogP) is 3.27. The Morgan fingerprint density at radius 2 is 1.71 bits per heavy atom. The number of hydrogen-bond acceptors (Lipinski definition) is 11. The topological polar surface area (TPSA) is 121 Å². The molecule has 2 aliphatic heterocycles. The van der Waals surface area contributed by atoms with E-state index < -0.39 is 17.7 Å². The van der Waals surface area contributed by atoms with E-state index in [4.69, 9.17) is 24.0 Å². The van der Waals surface area contributed by atoms with Crippen LogP contribution in [0, 0.1) is 11.6 Å². The second kappa shape index (κ2) is 11.2. The molecule has 0 spiro atoms. The van der Waals surface area contributed by atoms with Gasteiger partial charge in [-0.15, -0.1) is 26.3 Å². The van der Waals surface area contributed by atoms with Crippen LogP contribution in [0.3, 0.4) is 0 Å². The van der Waals surface area contributed by atoms with Crippen LogP contribution in [0.25, 0.3) is 0 Å². The standard InChI is InChI=1S/C24H24F2N6O5S/c1-34-22-28-23(35-2)30-24(29-22)36-11-19(33)32-8-6-13(7-9-32)21-27-17(12-38-21)16-10-18(37-31-16)20-14(25)4-3-5-15(20)26/h3-5,12-13,18H,6-11H2,1-2H3. The lowest BCUT2D eigenvalue weighted by Crippen LogP contribution is -2.40. The van der Waals surface area contributed by atoms with Crippen LogP contribution < -0.4 is 14.2 Å². The van der Waals surface area contributed by atoms with Gasteiger partial charge in [-0.2, -0.15) is 0 Å². The summed E-state index contributed by atoms with van der Waals surface area (Å²) in [6.45, 7) is 0.862. The number of likely N-dealkylation sites (tertiary alicyclic amines) is 1. The van der Waals surface area contributed by atoms with Gasteiger partial charge in [0.2, 0.25) is 0 Å². The Hall–Kier alpha value is -3.94. The van der Waals surface area contributed by atoms with Crippen LogP contribution in [-0.4, -0.2) is 70.4 Å². The highest BCUT2D eigenvalue weighted by molar-refractivity contribution is 7.10. The lowest BCUT2D eigenvalue weighted by molar-refractivity contribution is -0.134. The van der Waals surface area contributed by atoms with E-state index in [-0.39, 0.29) is 48.4 Å². The Bertz CT molecular complexity index is 1310. The number of amides is 1. The number of methoxy groups -OCH3 is 2. The van der Waals surface area contributed by atoms with Crippen molar-refractivity contribution in [3.8, 4) is 18.0 Å². The first kappa shape index (κ1) is 25.7. The van der Waals surface area contributed by atoms with E-state index in [9.17, 15) is 13.6 Å². The van der Waals surface area contributed by atoms with Gasteiger partial charge in [0.1, 0.15) is 17.3 Å². The number of hydrogen-bond donors (Lipinski definition) is 0. The van der Waals surface area contributed by atoms with Crippen LogP contribution in [0.4, 0.5) is 8.78 Å². The SMILES string of the molecule is COc1nc(OC)nc(OCC(=O)N2CCC(c3nc(C4=NOC(c5c(F)cccc5F)C4)cs3)CC2)n1. The smallest absolute Gasteiger partial charge is 0.326 e. The second-order valence-electron chi connectivity index (χ2n) is 8.58. The van der Waals surface area contributed by atoms with E-state index in [2.05, 4.69) is 20.1 Å². The summed E-state index contributed by atoms with van der Waals surface area (Å²) in [5.74, 6) is -1.33. The number of carbonyl (C=O) groups is 1. The van der Waals surface area contributed by atoms with Crippen LogP contribution >= 0.6 is 11.3 Å². The number of piperidine rings is 1. The summed E-state index contributed by atoms with van der Waals surface area (Å²) in [4.78, 5) is 36.2. The minimum absolute atomic E-state index is 0.0213. The fraction of sp³-hybridized carbons (Fsp3) is 0.417. The zero-order valence-electron chi connectivity index (χ0n) is 20.6. The molecule has 5 rings (SSSR count). The van der Waals surface area contributed by atoms with E-state index in [1.807, 2.05) is 5.38 Å². The molecule has 2 aromatic heterocycles. The molecular formula is C24H24F2N6O5S. The molecule has 2 aliphatic rings. The third-order valence-electron chi connectivity index (χ3n) is 6.27. The molecule has 11 nitrogen and oxygen atoms in total. The van der Waals surface area contributed by atoms with Crippen LogP contribution in [0.5, 0.6) is 18.0 Å². The number of thiazole rings is 1. The third-order valence-corrected chi connectivity index (χ3v) is 7.28. The number of ether oxygens (including phenoxy) is 3. The van der Waals surface area contributed by atoms with E-state index in [1.165, 1.54) is 43.8 Å². The van der Waals surface area contributed by atoms with Crippen molar-refractivity contribution in [1.29, 1.82) is 0 Å². The van der Waals surface area contributed by atoms with E-state index in [0.717, 1.165) is 17.8 Å². The van der Waals surface area contributed by atoms with Crippen molar-refractivity contribution in [2.45, 2.75) is 31.3 Å². The molecule has 0 bridgehead atoms. The fourth-order valence-corrected chi connectivity index (χ4v) is 5.27. The lowest BCUT2D eigenvalue weighted by atomic mass is 9.97. The largest absolute Gasteiger partial charge is 0.467 e. The quantitative estimate of drug-likeness (QED) is 0.419. The van der Waals surface area contributed by atoms with Crippen molar-refractivity contribution in [2.75, 3.05) is 33.9 Å². The number of halogens is 2.